The maximum atomic E-state index is 12.8. The number of amides is 2. The Morgan fingerprint density at radius 2 is 1.96 bits per heavy atom. The molecule has 0 radical (unpaired) electrons. The van der Waals surface area contributed by atoms with Crippen LogP contribution in [0.3, 0.4) is 0 Å². The Bertz CT molecular complexity index is 834. The standard InChI is InChI=1S/C20H25N5O3/c1-15-13-17(19(27)25-11-9-24(14-26)10-12-25)23-20(22-15)21-8-7-16-5-3-4-6-18(16)28-2/h3-6,13-14H,7-12H2,1-2H3,(H,21,22,23). The van der Waals surface area contributed by atoms with E-state index in [9.17, 15) is 9.59 Å². The Kier molecular flexibility index (Phi) is 6.41. The lowest BCUT2D eigenvalue weighted by Gasteiger charge is -2.32. The van der Waals surface area contributed by atoms with Crippen LogP contribution in [0, 0.1) is 6.92 Å². The molecular weight excluding hydrogens is 358 g/mol. The molecule has 1 aromatic carbocycles. The van der Waals surface area contributed by atoms with E-state index in [-0.39, 0.29) is 5.91 Å². The Balaban J connectivity index is 1.63. The zero-order valence-corrected chi connectivity index (χ0v) is 16.2. The summed E-state index contributed by atoms with van der Waals surface area (Å²) in [6.07, 6.45) is 1.57. The van der Waals surface area contributed by atoms with Gasteiger partial charge in [-0.15, -0.1) is 0 Å². The number of ether oxygens (including phenoxy) is 1. The van der Waals surface area contributed by atoms with E-state index in [4.69, 9.17) is 4.74 Å². The number of methoxy groups -OCH3 is 1. The summed E-state index contributed by atoms with van der Waals surface area (Å²) in [5.74, 6) is 1.15. The molecule has 0 aliphatic carbocycles. The van der Waals surface area contributed by atoms with E-state index in [1.807, 2.05) is 31.2 Å². The second-order valence-corrected chi connectivity index (χ2v) is 6.64. The van der Waals surface area contributed by atoms with Gasteiger partial charge in [-0.2, -0.15) is 0 Å². The smallest absolute Gasteiger partial charge is 0.272 e. The van der Waals surface area contributed by atoms with Crippen molar-refractivity contribution < 1.29 is 14.3 Å². The van der Waals surface area contributed by atoms with Crippen molar-refractivity contribution in [2.75, 3.05) is 45.2 Å². The van der Waals surface area contributed by atoms with Crippen molar-refractivity contribution in [3.63, 3.8) is 0 Å². The van der Waals surface area contributed by atoms with Gasteiger partial charge in [-0.1, -0.05) is 18.2 Å². The van der Waals surface area contributed by atoms with Gasteiger partial charge in [0.1, 0.15) is 11.4 Å². The first-order valence-electron chi connectivity index (χ1n) is 9.31. The quantitative estimate of drug-likeness (QED) is 0.727. The number of para-hydroxylation sites is 1. The highest BCUT2D eigenvalue weighted by Crippen LogP contribution is 2.18. The molecule has 1 N–H and O–H groups in total. The van der Waals surface area contributed by atoms with Crippen molar-refractivity contribution in [2.45, 2.75) is 13.3 Å². The average molecular weight is 383 g/mol. The molecule has 8 heteroatoms. The number of anilines is 1. The summed E-state index contributed by atoms with van der Waals surface area (Å²) in [6, 6.07) is 9.55. The van der Waals surface area contributed by atoms with Crippen LogP contribution in [-0.4, -0.2) is 71.9 Å². The van der Waals surface area contributed by atoms with E-state index in [1.54, 1.807) is 23.0 Å². The molecule has 1 aromatic heterocycles. The summed E-state index contributed by atoms with van der Waals surface area (Å²) in [7, 11) is 1.66. The first-order chi connectivity index (χ1) is 13.6. The highest BCUT2D eigenvalue weighted by Gasteiger charge is 2.23. The van der Waals surface area contributed by atoms with E-state index in [0.717, 1.165) is 29.8 Å². The Labute approximate surface area is 164 Å². The molecule has 1 fully saturated rings. The van der Waals surface area contributed by atoms with Crippen molar-refractivity contribution in [1.29, 1.82) is 0 Å². The first-order valence-corrected chi connectivity index (χ1v) is 9.31. The summed E-state index contributed by atoms with van der Waals surface area (Å²) in [6.45, 7) is 4.57. The topological polar surface area (TPSA) is 87.7 Å². The zero-order chi connectivity index (χ0) is 19.9. The second-order valence-electron chi connectivity index (χ2n) is 6.64. The maximum absolute atomic E-state index is 12.8. The van der Waals surface area contributed by atoms with E-state index in [2.05, 4.69) is 15.3 Å². The molecule has 1 aliphatic heterocycles. The predicted octanol–water partition coefficient (Wildman–Crippen LogP) is 1.36. The Morgan fingerprint density at radius 1 is 1.21 bits per heavy atom. The van der Waals surface area contributed by atoms with Crippen molar-refractivity contribution in [1.82, 2.24) is 19.8 Å². The molecule has 2 aromatic rings. The molecule has 1 aliphatic rings. The molecule has 0 bridgehead atoms. The molecule has 0 spiro atoms. The molecule has 2 amide bonds. The van der Waals surface area contributed by atoms with E-state index < -0.39 is 0 Å². The molecule has 2 heterocycles. The minimum absolute atomic E-state index is 0.135. The van der Waals surface area contributed by atoms with E-state index in [1.165, 1.54) is 0 Å². The number of hydrogen-bond acceptors (Lipinski definition) is 6. The molecule has 0 unspecified atom stereocenters. The monoisotopic (exact) mass is 383 g/mol. The molecule has 0 atom stereocenters. The second kappa shape index (κ2) is 9.16. The summed E-state index contributed by atoms with van der Waals surface area (Å²) < 4.78 is 5.37. The van der Waals surface area contributed by atoms with Gasteiger partial charge in [-0.3, -0.25) is 9.59 Å². The summed E-state index contributed by atoms with van der Waals surface area (Å²) in [5, 5.41) is 3.20. The Hall–Kier alpha value is -3.16. The van der Waals surface area contributed by atoms with Crippen LogP contribution in [-0.2, 0) is 11.2 Å². The number of benzene rings is 1. The van der Waals surface area contributed by atoms with Gasteiger partial charge in [-0.25, -0.2) is 9.97 Å². The van der Waals surface area contributed by atoms with Crippen molar-refractivity contribution in [3.8, 4) is 5.75 Å². The van der Waals surface area contributed by atoms with Crippen LogP contribution in [0.15, 0.2) is 30.3 Å². The van der Waals surface area contributed by atoms with Crippen LogP contribution in [0.5, 0.6) is 5.75 Å². The van der Waals surface area contributed by atoms with Crippen molar-refractivity contribution in [2.24, 2.45) is 0 Å². The SMILES string of the molecule is COc1ccccc1CCNc1nc(C)cc(C(=O)N2CCN(C=O)CC2)n1. The Morgan fingerprint density at radius 3 is 2.68 bits per heavy atom. The number of rotatable bonds is 7. The lowest BCUT2D eigenvalue weighted by molar-refractivity contribution is -0.119. The normalized spacial score (nSPS) is 13.9. The number of carbonyl (C=O) groups excluding carboxylic acids is 2. The number of piperazine rings is 1. The number of carbonyl (C=O) groups is 2. The summed E-state index contributed by atoms with van der Waals surface area (Å²) >= 11 is 0. The lowest BCUT2D eigenvalue weighted by atomic mass is 10.1. The van der Waals surface area contributed by atoms with Gasteiger partial charge in [0, 0.05) is 38.4 Å². The number of hydrogen-bond donors (Lipinski definition) is 1. The van der Waals surface area contributed by atoms with Crippen molar-refractivity contribution in [3.05, 3.63) is 47.3 Å². The number of nitrogens with zero attached hydrogens (tertiary/aromatic N) is 4. The highest BCUT2D eigenvalue weighted by atomic mass is 16.5. The van der Waals surface area contributed by atoms with Crippen LogP contribution in [0.4, 0.5) is 5.95 Å². The van der Waals surface area contributed by atoms with Crippen molar-refractivity contribution >= 4 is 18.3 Å². The number of aromatic nitrogens is 2. The largest absolute Gasteiger partial charge is 0.496 e. The third-order valence-electron chi connectivity index (χ3n) is 4.69. The number of nitrogens with one attached hydrogen (secondary N) is 1. The van der Waals surface area contributed by atoms with Gasteiger partial charge in [0.15, 0.2) is 0 Å². The van der Waals surface area contributed by atoms with Gasteiger partial charge in [0.05, 0.1) is 7.11 Å². The fourth-order valence-corrected chi connectivity index (χ4v) is 3.17. The molecule has 1 saturated heterocycles. The molecule has 8 nitrogen and oxygen atoms in total. The molecule has 148 valence electrons. The lowest BCUT2D eigenvalue weighted by Crippen LogP contribution is -2.48. The van der Waals surface area contributed by atoms with Gasteiger partial charge in [0.2, 0.25) is 12.4 Å². The fourth-order valence-electron chi connectivity index (χ4n) is 3.17. The van der Waals surface area contributed by atoms with Crippen LogP contribution in [0.1, 0.15) is 21.7 Å². The third-order valence-corrected chi connectivity index (χ3v) is 4.69. The van der Waals surface area contributed by atoms with Gasteiger partial charge >= 0.3 is 0 Å². The predicted molar refractivity (Wildman–Crippen MR) is 105 cm³/mol. The number of aryl methyl sites for hydroxylation is 1. The van der Waals surface area contributed by atoms with Crippen LogP contribution in [0.25, 0.3) is 0 Å². The third kappa shape index (κ3) is 4.76. The minimum Gasteiger partial charge on any atom is -0.496 e. The van der Waals surface area contributed by atoms with E-state index in [0.29, 0.717) is 44.4 Å². The molecule has 3 rings (SSSR count). The molecule has 0 saturated carbocycles. The fraction of sp³-hybridized carbons (Fsp3) is 0.400. The maximum Gasteiger partial charge on any atom is 0.272 e. The van der Waals surface area contributed by atoms with E-state index >= 15 is 0 Å². The highest BCUT2D eigenvalue weighted by molar-refractivity contribution is 5.92. The van der Waals surface area contributed by atoms with Crippen LogP contribution >= 0.6 is 0 Å². The molecule has 28 heavy (non-hydrogen) atoms. The summed E-state index contributed by atoms with van der Waals surface area (Å²) in [4.78, 5) is 35.8. The summed E-state index contributed by atoms with van der Waals surface area (Å²) in [5.41, 5.74) is 2.19. The van der Waals surface area contributed by atoms with Gasteiger partial charge in [-0.05, 0) is 31.0 Å². The van der Waals surface area contributed by atoms with Gasteiger partial charge < -0.3 is 19.9 Å². The van der Waals surface area contributed by atoms with Crippen LogP contribution < -0.4 is 10.1 Å². The molecular formula is C20H25N5O3. The average Bonchev–Trinajstić information content (AvgIpc) is 2.73. The minimum atomic E-state index is -0.135. The zero-order valence-electron chi connectivity index (χ0n) is 16.2. The van der Waals surface area contributed by atoms with Gasteiger partial charge in [0.25, 0.3) is 5.91 Å². The van der Waals surface area contributed by atoms with Crippen LogP contribution in [0.2, 0.25) is 0 Å². The first kappa shape index (κ1) is 19.6.